The van der Waals surface area contributed by atoms with Crippen LogP contribution in [0, 0.1) is 0 Å². The Hall–Kier alpha value is -1.95. The Morgan fingerprint density at radius 1 is 1.60 bits per heavy atom. The van der Waals surface area contributed by atoms with Crippen molar-refractivity contribution < 1.29 is 9.53 Å². The first-order chi connectivity index (χ1) is 9.67. The van der Waals surface area contributed by atoms with Crippen LogP contribution in [0.5, 0.6) is 0 Å². The number of benzene rings is 1. The number of carbonyl (C=O) groups is 1. The molecule has 0 amide bonds. The van der Waals surface area contributed by atoms with E-state index >= 15 is 0 Å². The van der Waals surface area contributed by atoms with E-state index < -0.39 is 0 Å². The number of aliphatic imine (C=N–C) groups is 1. The number of anilines is 1. The summed E-state index contributed by atoms with van der Waals surface area (Å²) in [6.45, 7) is 0. The molecule has 0 saturated carbocycles. The average molecular weight is 289 g/mol. The molecule has 20 heavy (non-hydrogen) atoms. The van der Waals surface area contributed by atoms with Crippen molar-refractivity contribution in [2.45, 2.75) is 12.5 Å². The standard InChI is InChI=1S/C14H15N3O2S/c1-19-12(18)6-9-7-20-14(16-9)11-5-8-3-2-4-10(15)13(8)17-11/h2-5,9,17H,6-7,15H2,1H3. The number of nitrogen functional groups attached to an aromatic ring is 1. The highest BCUT2D eigenvalue weighted by molar-refractivity contribution is 8.14. The molecule has 0 bridgehead atoms. The summed E-state index contributed by atoms with van der Waals surface area (Å²) in [4.78, 5) is 19.2. The van der Waals surface area contributed by atoms with Gasteiger partial charge in [-0.3, -0.25) is 9.79 Å². The number of fused-ring (bicyclic) bond motifs is 1. The van der Waals surface area contributed by atoms with E-state index in [-0.39, 0.29) is 12.0 Å². The van der Waals surface area contributed by atoms with Crippen molar-refractivity contribution in [2.75, 3.05) is 18.6 Å². The van der Waals surface area contributed by atoms with Crippen molar-refractivity contribution in [3.05, 3.63) is 30.0 Å². The van der Waals surface area contributed by atoms with Gasteiger partial charge in [0.05, 0.1) is 36.5 Å². The lowest BCUT2D eigenvalue weighted by Crippen LogP contribution is -2.12. The van der Waals surface area contributed by atoms with Gasteiger partial charge < -0.3 is 15.5 Å². The molecule has 3 N–H and O–H groups in total. The predicted molar refractivity (Wildman–Crippen MR) is 82.1 cm³/mol. The second-order valence-corrected chi connectivity index (χ2v) is 5.68. The van der Waals surface area contributed by atoms with E-state index in [1.807, 2.05) is 24.3 Å². The van der Waals surface area contributed by atoms with E-state index in [2.05, 4.69) is 14.7 Å². The molecule has 1 unspecified atom stereocenters. The van der Waals surface area contributed by atoms with Crippen LogP contribution in [0.1, 0.15) is 12.1 Å². The zero-order chi connectivity index (χ0) is 14.1. The summed E-state index contributed by atoms with van der Waals surface area (Å²) in [5, 5.41) is 1.99. The van der Waals surface area contributed by atoms with Crippen molar-refractivity contribution in [3.8, 4) is 0 Å². The number of hydrogen-bond donors (Lipinski definition) is 2. The minimum atomic E-state index is -0.221. The fourth-order valence-electron chi connectivity index (χ4n) is 2.24. The molecule has 1 atom stereocenters. The maximum absolute atomic E-state index is 11.3. The van der Waals surface area contributed by atoms with Crippen LogP contribution in [0.3, 0.4) is 0 Å². The minimum Gasteiger partial charge on any atom is -0.469 e. The number of H-pyrrole nitrogens is 1. The summed E-state index contributed by atoms with van der Waals surface area (Å²) >= 11 is 1.65. The molecule has 104 valence electrons. The molecule has 1 aromatic heterocycles. The summed E-state index contributed by atoms with van der Waals surface area (Å²) in [7, 11) is 1.40. The first-order valence-electron chi connectivity index (χ1n) is 6.32. The molecule has 0 saturated heterocycles. The third kappa shape index (κ3) is 2.38. The van der Waals surface area contributed by atoms with E-state index in [1.165, 1.54) is 7.11 Å². The number of aromatic amines is 1. The van der Waals surface area contributed by atoms with Crippen molar-refractivity contribution in [2.24, 2.45) is 4.99 Å². The van der Waals surface area contributed by atoms with E-state index in [0.717, 1.165) is 33.1 Å². The van der Waals surface area contributed by atoms with Gasteiger partial charge in [0.15, 0.2) is 0 Å². The first kappa shape index (κ1) is 13.1. The number of thioether (sulfide) groups is 1. The van der Waals surface area contributed by atoms with Crippen LogP contribution >= 0.6 is 11.8 Å². The Balaban J connectivity index is 1.86. The van der Waals surface area contributed by atoms with Crippen LogP contribution in [-0.2, 0) is 9.53 Å². The normalized spacial score (nSPS) is 18.2. The third-order valence-corrected chi connectivity index (χ3v) is 4.41. The van der Waals surface area contributed by atoms with Gasteiger partial charge in [0.2, 0.25) is 0 Å². The summed E-state index contributed by atoms with van der Waals surface area (Å²) in [5.41, 5.74) is 8.55. The number of esters is 1. The SMILES string of the molecule is COC(=O)CC1CSC(c2cc3cccc(N)c3[nH]2)=N1. The van der Waals surface area contributed by atoms with Crippen molar-refractivity contribution >= 4 is 39.4 Å². The number of rotatable bonds is 3. The van der Waals surface area contributed by atoms with Crippen LogP contribution in [0.2, 0.25) is 0 Å². The number of nitrogens with two attached hydrogens (primary N) is 1. The Labute approximate surface area is 120 Å². The Kier molecular flexibility index (Phi) is 3.40. The lowest BCUT2D eigenvalue weighted by atomic mass is 10.2. The van der Waals surface area contributed by atoms with Gasteiger partial charge >= 0.3 is 5.97 Å². The fourth-order valence-corrected chi connectivity index (χ4v) is 3.27. The Bertz CT molecular complexity index is 693. The van der Waals surface area contributed by atoms with Crippen molar-refractivity contribution in [1.82, 2.24) is 4.98 Å². The quantitative estimate of drug-likeness (QED) is 0.670. The van der Waals surface area contributed by atoms with Crippen molar-refractivity contribution in [1.29, 1.82) is 0 Å². The van der Waals surface area contributed by atoms with Gasteiger partial charge in [0.25, 0.3) is 0 Å². The van der Waals surface area contributed by atoms with Gasteiger partial charge in [-0.15, -0.1) is 11.8 Å². The number of para-hydroxylation sites is 1. The highest BCUT2D eigenvalue weighted by Gasteiger charge is 2.23. The zero-order valence-electron chi connectivity index (χ0n) is 11.1. The van der Waals surface area contributed by atoms with Gasteiger partial charge in [0.1, 0.15) is 5.04 Å². The number of carbonyl (C=O) groups excluding carboxylic acids is 1. The van der Waals surface area contributed by atoms with Gasteiger partial charge in [-0.2, -0.15) is 0 Å². The summed E-state index contributed by atoms with van der Waals surface area (Å²) in [6.07, 6.45) is 0.329. The topological polar surface area (TPSA) is 80.5 Å². The van der Waals surface area contributed by atoms with Crippen molar-refractivity contribution in [3.63, 3.8) is 0 Å². The number of nitrogens with zero attached hydrogens (tertiary/aromatic N) is 1. The molecule has 1 aromatic carbocycles. The van der Waals surface area contributed by atoms with E-state index in [0.29, 0.717) is 6.42 Å². The second kappa shape index (κ2) is 5.20. The lowest BCUT2D eigenvalue weighted by Gasteiger charge is -2.02. The lowest BCUT2D eigenvalue weighted by molar-refractivity contribution is -0.140. The van der Waals surface area contributed by atoms with Gasteiger partial charge in [0, 0.05) is 11.1 Å². The maximum Gasteiger partial charge on any atom is 0.307 e. The summed E-state index contributed by atoms with van der Waals surface area (Å²) < 4.78 is 4.68. The predicted octanol–water partition coefficient (Wildman–Crippen LogP) is 2.18. The van der Waals surface area contributed by atoms with Crippen LogP contribution < -0.4 is 5.73 Å². The second-order valence-electron chi connectivity index (χ2n) is 4.67. The highest BCUT2D eigenvalue weighted by Crippen LogP contribution is 2.28. The van der Waals surface area contributed by atoms with Gasteiger partial charge in [-0.05, 0) is 12.1 Å². The number of hydrogen-bond acceptors (Lipinski definition) is 5. The molecule has 0 fully saturated rings. The molecule has 1 aliphatic heterocycles. The monoisotopic (exact) mass is 289 g/mol. The van der Waals surface area contributed by atoms with E-state index in [1.54, 1.807) is 11.8 Å². The number of methoxy groups -OCH3 is 1. The van der Waals surface area contributed by atoms with E-state index in [4.69, 9.17) is 5.73 Å². The molecule has 2 heterocycles. The fraction of sp³-hybridized carbons (Fsp3) is 0.286. The van der Waals surface area contributed by atoms with E-state index in [9.17, 15) is 4.79 Å². The van der Waals surface area contributed by atoms with Crippen LogP contribution in [0.4, 0.5) is 5.69 Å². The van der Waals surface area contributed by atoms with Gasteiger partial charge in [-0.25, -0.2) is 0 Å². The number of ether oxygens (including phenoxy) is 1. The summed E-state index contributed by atoms with van der Waals surface area (Å²) in [5.74, 6) is 0.580. The molecule has 0 aliphatic carbocycles. The molecule has 3 rings (SSSR count). The molecule has 0 spiro atoms. The summed E-state index contributed by atoms with van der Waals surface area (Å²) in [6, 6.07) is 7.84. The molecule has 6 heteroatoms. The van der Waals surface area contributed by atoms with Crippen LogP contribution in [0.15, 0.2) is 29.3 Å². The van der Waals surface area contributed by atoms with Crippen LogP contribution in [0.25, 0.3) is 10.9 Å². The molecular weight excluding hydrogens is 274 g/mol. The number of aromatic nitrogens is 1. The molecule has 5 nitrogen and oxygen atoms in total. The third-order valence-electron chi connectivity index (χ3n) is 3.26. The highest BCUT2D eigenvalue weighted by atomic mass is 32.2. The maximum atomic E-state index is 11.3. The zero-order valence-corrected chi connectivity index (χ0v) is 11.9. The first-order valence-corrected chi connectivity index (χ1v) is 7.31. The average Bonchev–Trinajstić information content (AvgIpc) is 3.05. The Morgan fingerprint density at radius 3 is 3.20 bits per heavy atom. The largest absolute Gasteiger partial charge is 0.469 e. The van der Waals surface area contributed by atoms with Crippen LogP contribution in [-0.4, -0.2) is 34.9 Å². The molecular formula is C14H15N3O2S. The minimum absolute atomic E-state index is 0.00814. The molecule has 2 aromatic rings. The number of nitrogens with one attached hydrogen (secondary N) is 1. The molecule has 1 aliphatic rings. The van der Waals surface area contributed by atoms with Gasteiger partial charge in [-0.1, -0.05) is 12.1 Å². The Morgan fingerprint density at radius 2 is 2.45 bits per heavy atom. The smallest absolute Gasteiger partial charge is 0.307 e. The molecule has 0 radical (unpaired) electrons.